The van der Waals surface area contributed by atoms with Crippen molar-refractivity contribution in [3.63, 3.8) is 0 Å². The van der Waals surface area contributed by atoms with Gasteiger partial charge in [0, 0.05) is 6.07 Å². The van der Waals surface area contributed by atoms with Crippen LogP contribution in [0.25, 0.3) is 0 Å². The molecule has 0 heterocycles. The quantitative estimate of drug-likeness (QED) is 0.307. The van der Waals surface area contributed by atoms with Gasteiger partial charge in [0.25, 0.3) is 5.69 Å². The highest BCUT2D eigenvalue weighted by Crippen LogP contribution is 2.26. The molecule has 11 heavy (non-hydrogen) atoms. The molecular weight excluding hydrogens is 182 g/mol. The summed E-state index contributed by atoms with van der Waals surface area (Å²) in [6.45, 7) is 0. The summed E-state index contributed by atoms with van der Waals surface area (Å²) in [5, 5.41) is 10.3. The molecule has 58 valence electrons. The van der Waals surface area contributed by atoms with Crippen LogP contribution in [0.3, 0.4) is 0 Å². The van der Waals surface area contributed by atoms with E-state index in [1.165, 1.54) is 6.07 Å². The largest absolute Gasteiger partial charge is 0.714 e. The van der Waals surface area contributed by atoms with E-state index in [2.05, 4.69) is 11.7 Å². The first kappa shape index (κ1) is 8.42. The van der Waals surface area contributed by atoms with Crippen molar-refractivity contribution in [3.8, 4) is 0 Å². The van der Waals surface area contributed by atoms with Crippen molar-refractivity contribution in [3.05, 3.63) is 34.4 Å². The number of nitro benzene ring substituents is 1. The van der Waals surface area contributed by atoms with Gasteiger partial charge in [0.2, 0.25) is 0 Å². The second-order valence-electron chi connectivity index (χ2n) is 1.81. The van der Waals surface area contributed by atoms with Gasteiger partial charge in [-0.05, 0) is 6.07 Å². The highest BCUT2D eigenvalue weighted by atomic mass is 33.1. The molecule has 0 fully saturated rings. The van der Waals surface area contributed by atoms with E-state index in [0.717, 1.165) is 10.8 Å². The van der Waals surface area contributed by atoms with Crippen molar-refractivity contribution in [1.29, 1.82) is 0 Å². The third-order valence-corrected chi connectivity index (χ3v) is 2.22. The van der Waals surface area contributed by atoms with Gasteiger partial charge in [-0.25, -0.2) is 0 Å². The monoisotopic (exact) mass is 186 g/mol. The van der Waals surface area contributed by atoms with Crippen LogP contribution in [-0.2, 0) is 11.7 Å². The summed E-state index contributed by atoms with van der Waals surface area (Å²) >= 11 is 4.64. The van der Waals surface area contributed by atoms with Crippen LogP contribution in [0.2, 0.25) is 0 Å². The lowest BCUT2D eigenvalue weighted by Crippen LogP contribution is -1.88. The fourth-order valence-corrected chi connectivity index (χ4v) is 1.46. The lowest BCUT2D eigenvalue weighted by Gasteiger charge is -2.04. The first-order valence-corrected chi connectivity index (χ1v) is 4.53. The molecular formula is C6H4NO2S2-. The SMILES string of the molecule is O=[N+]([O-])c1ccccc1S[S-]. The Hall–Kier alpha value is -0.680. The predicted octanol–water partition coefficient (Wildman–Crippen LogP) is 2.15. The molecule has 0 saturated carbocycles. The van der Waals surface area contributed by atoms with Crippen LogP contribution >= 0.6 is 10.8 Å². The summed E-state index contributed by atoms with van der Waals surface area (Å²) in [5.41, 5.74) is 0.0764. The number of para-hydroxylation sites is 1. The Bertz CT molecular complexity index is 277. The third kappa shape index (κ3) is 1.87. The Balaban J connectivity index is 3.12. The fraction of sp³-hybridized carbons (Fsp3) is 0. The van der Waals surface area contributed by atoms with Crippen LogP contribution in [0.4, 0.5) is 5.69 Å². The van der Waals surface area contributed by atoms with E-state index in [0.29, 0.717) is 4.90 Å². The molecule has 0 radical (unpaired) electrons. The minimum Gasteiger partial charge on any atom is -0.714 e. The normalized spacial score (nSPS) is 9.55. The fourth-order valence-electron chi connectivity index (χ4n) is 0.678. The molecule has 1 rings (SSSR count). The molecule has 3 nitrogen and oxygen atoms in total. The summed E-state index contributed by atoms with van der Waals surface area (Å²) in [7, 11) is 0.965. The number of nitro groups is 1. The van der Waals surface area contributed by atoms with Crippen LogP contribution in [-0.4, -0.2) is 4.92 Å². The van der Waals surface area contributed by atoms with Crippen molar-refractivity contribution in [2.75, 3.05) is 0 Å². The van der Waals surface area contributed by atoms with Crippen LogP contribution in [0.15, 0.2) is 29.2 Å². The van der Waals surface area contributed by atoms with Crippen LogP contribution < -0.4 is 0 Å². The zero-order chi connectivity index (χ0) is 8.27. The van der Waals surface area contributed by atoms with Gasteiger partial charge >= 0.3 is 0 Å². The molecule has 0 unspecified atom stereocenters. The maximum absolute atomic E-state index is 10.3. The van der Waals surface area contributed by atoms with Crippen molar-refractivity contribution in [1.82, 2.24) is 0 Å². The second-order valence-corrected chi connectivity index (χ2v) is 2.91. The third-order valence-electron chi connectivity index (χ3n) is 1.15. The molecule has 0 atom stereocenters. The average molecular weight is 186 g/mol. The van der Waals surface area contributed by atoms with Crippen molar-refractivity contribution < 1.29 is 4.92 Å². The molecule has 1 aromatic rings. The minimum absolute atomic E-state index is 0.0764. The first-order valence-electron chi connectivity index (χ1n) is 2.79. The molecule has 0 aliphatic heterocycles. The standard InChI is InChI=1S/C6H5NO2S2/c8-7(9)5-3-1-2-4-6(5)11-10/h1-4,10H/p-1. The Morgan fingerprint density at radius 3 is 2.55 bits per heavy atom. The highest BCUT2D eigenvalue weighted by Gasteiger charge is 2.07. The summed E-state index contributed by atoms with van der Waals surface area (Å²) in [6.07, 6.45) is 0. The molecule has 0 saturated heterocycles. The Morgan fingerprint density at radius 2 is 2.09 bits per heavy atom. The van der Waals surface area contributed by atoms with Gasteiger partial charge in [-0.2, -0.15) is 0 Å². The van der Waals surface area contributed by atoms with Gasteiger partial charge in [0.1, 0.15) is 0 Å². The van der Waals surface area contributed by atoms with E-state index in [4.69, 9.17) is 0 Å². The van der Waals surface area contributed by atoms with Gasteiger partial charge < -0.3 is 11.7 Å². The Labute approximate surface area is 72.8 Å². The van der Waals surface area contributed by atoms with Crippen molar-refractivity contribution in [2.45, 2.75) is 4.90 Å². The van der Waals surface area contributed by atoms with Gasteiger partial charge in [0.15, 0.2) is 0 Å². The predicted molar refractivity (Wildman–Crippen MR) is 46.3 cm³/mol. The van der Waals surface area contributed by atoms with Gasteiger partial charge in [-0.1, -0.05) is 12.1 Å². The van der Waals surface area contributed by atoms with Gasteiger partial charge in [-0.3, -0.25) is 20.9 Å². The van der Waals surface area contributed by atoms with Gasteiger partial charge in [0.05, 0.1) is 9.82 Å². The van der Waals surface area contributed by atoms with E-state index in [9.17, 15) is 10.1 Å². The number of hydrogen-bond acceptors (Lipinski definition) is 4. The second kappa shape index (κ2) is 3.64. The topological polar surface area (TPSA) is 43.1 Å². The maximum atomic E-state index is 10.3. The van der Waals surface area contributed by atoms with E-state index < -0.39 is 4.92 Å². The summed E-state index contributed by atoms with van der Waals surface area (Å²) < 4.78 is 0. The molecule has 0 bridgehead atoms. The number of rotatable bonds is 2. The molecule has 5 heteroatoms. The highest BCUT2D eigenvalue weighted by molar-refractivity contribution is 8.59. The van der Waals surface area contributed by atoms with Crippen molar-refractivity contribution >= 4 is 28.1 Å². The number of nitrogens with zero attached hydrogens (tertiary/aromatic N) is 1. The number of benzene rings is 1. The summed E-state index contributed by atoms with van der Waals surface area (Å²) in [6, 6.07) is 6.42. The zero-order valence-electron chi connectivity index (χ0n) is 5.39. The lowest BCUT2D eigenvalue weighted by molar-refractivity contribution is -0.387. The van der Waals surface area contributed by atoms with Gasteiger partial charge in [-0.15, -0.1) is 0 Å². The zero-order valence-corrected chi connectivity index (χ0v) is 7.02. The molecule has 0 spiro atoms. The van der Waals surface area contributed by atoms with E-state index in [1.807, 2.05) is 0 Å². The molecule has 0 aliphatic carbocycles. The van der Waals surface area contributed by atoms with E-state index in [1.54, 1.807) is 18.2 Å². The van der Waals surface area contributed by atoms with Crippen LogP contribution in [0, 0.1) is 10.1 Å². The smallest absolute Gasteiger partial charge is 0.280 e. The molecule has 1 aromatic carbocycles. The number of hydrogen-bond donors (Lipinski definition) is 0. The average Bonchev–Trinajstić information content (AvgIpc) is 2.04. The summed E-state index contributed by atoms with van der Waals surface area (Å²) in [4.78, 5) is 10.4. The molecule has 0 amide bonds. The van der Waals surface area contributed by atoms with Crippen LogP contribution in [0.5, 0.6) is 0 Å². The molecule has 0 aromatic heterocycles. The summed E-state index contributed by atoms with van der Waals surface area (Å²) in [5.74, 6) is 0. The van der Waals surface area contributed by atoms with E-state index in [-0.39, 0.29) is 5.69 Å². The maximum Gasteiger partial charge on any atom is 0.280 e. The van der Waals surface area contributed by atoms with E-state index >= 15 is 0 Å². The Kier molecular flexibility index (Phi) is 2.78. The minimum atomic E-state index is -0.436. The molecule has 0 N–H and O–H groups in total. The lowest BCUT2D eigenvalue weighted by atomic mass is 10.3. The molecule has 0 aliphatic rings. The first-order chi connectivity index (χ1) is 5.25. The Morgan fingerprint density at radius 1 is 1.45 bits per heavy atom. The van der Waals surface area contributed by atoms with Crippen molar-refractivity contribution in [2.24, 2.45) is 0 Å². The van der Waals surface area contributed by atoms with Crippen LogP contribution in [0.1, 0.15) is 0 Å².